The fourth-order valence-corrected chi connectivity index (χ4v) is 1.73. The van der Waals surface area contributed by atoms with Crippen LogP contribution in [0.25, 0.3) is 0 Å². The fourth-order valence-electron chi connectivity index (χ4n) is 1.73. The molecule has 20 heavy (non-hydrogen) atoms. The van der Waals surface area contributed by atoms with Crippen molar-refractivity contribution in [1.29, 1.82) is 0 Å². The third-order valence-electron chi connectivity index (χ3n) is 2.85. The zero-order chi connectivity index (χ0) is 15.3. The second kappa shape index (κ2) is 7.02. The molecule has 0 fully saturated rings. The van der Waals surface area contributed by atoms with Crippen molar-refractivity contribution in [3.8, 4) is 0 Å². The van der Waals surface area contributed by atoms with Crippen LogP contribution in [0.3, 0.4) is 0 Å². The van der Waals surface area contributed by atoms with E-state index in [4.69, 9.17) is 0 Å². The maximum atomic E-state index is 11.4. The van der Waals surface area contributed by atoms with Crippen LogP contribution in [0.15, 0.2) is 18.2 Å². The molecule has 0 amide bonds. The monoisotopic (exact) mass is 282 g/mol. The van der Waals surface area contributed by atoms with Crippen LogP contribution in [0.4, 0.5) is 0 Å². The van der Waals surface area contributed by atoms with Gasteiger partial charge < -0.3 is 19.7 Å². The molecular weight excluding hydrogens is 264 g/mol. The minimum absolute atomic E-state index is 0.101. The first kappa shape index (κ1) is 16.1. The largest absolute Gasteiger partial charge is 0.465 e. The number of methoxy groups -OCH3 is 1. The lowest BCUT2D eigenvalue weighted by atomic mass is 9.97. The molecule has 6 nitrogen and oxygen atoms in total. The molecule has 0 radical (unpaired) electrons. The predicted octanol–water partition coefficient (Wildman–Crippen LogP) is 0.739. The number of esters is 2. The van der Waals surface area contributed by atoms with Crippen LogP contribution in [-0.2, 0) is 14.3 Å². The highest BCUT2D eigenvalue weighted by Crippen LogP contribution is 2.23. The van der Waals surface area contributed by atoms with Gasteiger partial charge in [0.15, 0.2) is 6.10 Å². The van der Waals surface area contributed by atoms with E-state index in [1.165, 1.54) is 19.2 Å². The summed E-state index contributed by atoms with van der Waals surface area (Å²) in [5.41, 5.74) is 1.13. The molecule has 6 heteroatoms. The van der Waals surface area contributed by atoms with Gasteiger partial charge in [-0.2, -0.15) is 0 Å². The number of ether oxygens (including phenoxy) is 2. The molecule has 0 bridgehead atoms. The summed E-state index contributed by atoms with van der Waals surface area (Å²) in [7, 11) is 1.24. The number of aliphatic hydroxyl groups excluding tert-OH is 2. The Bertz CT molecular complexity index is 496. The van der Waals surface area contributed by atoms with Gasteiger partial charge >= 0.3 is 11.9 Å². The van der Waals surface area contributed by atoms with Crippen molar-refractivity contribution in [2.24, 2.45) is 0 Å². The quantitative estimate of drug-likeness (QED) is 0.774. The summed E-state index contributed by atoms with van der Waals surface area (Å²) in [6, 6.07) is 4.52. The van der Waals surface area contributed by atoms with Crippen molar-refractivity contribution < 1.29 is 29.3 Å². The van der Waals surface area contributed by atoms with Gasteiger partial charge in [0.05, 0.1) is 19.3 Å². The topological polar surface area (TPSA) is 93.1 Å². The van der Waals surface area contributed by atoms with Gasteiger partial charge in [0.1, 0.15) is 6.10 Å². The molecule has 1 aromatic carbocycles. The Morgan fingerprint density at radius 1 is 1.30 bits per heavy atom. The van der Waals surface area contributed by atoms with Crippen molar-refractivity contribution in [1.82, 2.24) is 0 Å². The average Bonchev–Trinajstić information content (AvgIpc) is 2.45. The Balaban J connectivity index is 3.05. The van der Waals surface area contributed by atoms with E-state index < -0.39 is 24.1 Å². The average molecular weight is 282 g/mol. The van der Waals surface area contributed by atoms with Crippen molar-refractivity contribution in [3.63, 3.8) is 0 Å². The molecule has 0 saturated carbocycles. The smallest absolute Gasteiger partial charge is 0.338 e. The highest BCUT2D eigenvalue weighted by molar-refractivity contribution is 5.89. The van der Waals surface area contributed by atoms with E-state index >= 15 is 0 Å². The van der Waals surface area contributed by atoms with E-state index in [1.54, 1.807) is 19.9 Å². The molecule has 2 unspecified atom stereocenters. The molecule has 0 aliphatic heterocycles. The number of aliphatic hydroxyl groups is 2. The fraction of sp³-hybridized carbons (Fsp3) is 0.429. The number of aryl methyl sites for hydroxylation is 1. The Morgan fingerprint density at radius 3 is 2.50 bits per heavy atom. The maximum absolute atomic E-state index is 11.4. The summed E-state index contributed by atoms with van der Waals surface area (Å²) in [6.07, 6.45) is -3.18. The first-order valence-corrected chi connectivity index (χ1v) is 6.14. The van der Waals surface area contributed by atoms with Crippen LogP contribution >= 0.6 is 0 Å². The SMILES string of the molecule is CCOC(=O)C(O)C(O)c1cc(C(=O)OC)ccc1C. The van der Waals surface area contributed by atoms with E-state index in [0.29, 0.717) is 5.56 Å². The highest BCUT2D eigenvalue weighted by atomic mass is 16.5. The van der Waals surface area contributed by atoms with Gasteiger partial charge in [-0.25, -0.2) is 9.59 Å². The molecule has 0 heterocycles. The van der Waals surface area contributed by atoms with Gasteiger partial charge in [0, 0.05) is 0 Å². The van der Waals surface area contributed by atoms with Crippen LogP contribution in [0, 0.1) is 6.92 Å². The van der Waals surface area contributed by atoms with Crippen molar-refractivity contribution in [2.45, 2.75) is 26.1 Å². The van der Waals surface area contributed by atoms with Crippen molar-refractivity contribution in [2.75, 3.05) is 13.7 Å². The van der Waals surface area contributed by atoms with Gasteiger partial charge in [-0.1, -0.05) is 6.07 Å². The van der Waals surface area contributed by atoms with Gasteiger partial charge in [-0.15, -0.1) is 0 Å². The Labute approximate surface area is 116 Å². The van der Waals surface area contributed by atoms with Gasteiger partial charge in [-0.3, -0.25) is 0 Å². The van der Waals surface area contributed by atoms with Crippen LogP contribution in [-0.4, -0.2) is 42.0 Å². The van der Waals surface area contributed by atoms with E-state index in [9.17, 15) is 19.8 Å². The van der Waals surface area contributed by atoms with Gasteiger partial charge in [0.25, 0.3) is 0 Å². The van der Waals surface area contributed by atoms with E-state index in [0.717, 1.165) is 0 Å². The molecule has 0 saturated heterocycles. The standard InChI is InChI=1S/C14H18O6/c1-4-20-14(18)12(16)11(15)10-7-9(13(17)19-3)6-5-8(10)2/h5-7,11-12,15-16H,4H2,1-3H3. The first-order chi connectivity index (χ1) is 9.42. The minimum atomic E-state index is -1.71. The maximum Gasteiger partial charge on any atom is 0.338 e. The molecule has 0 aliphatic rings. The third kappa shape index (κ3) is 3.55. The minimum Gasteiger partial charge on any atom is -0.465 e. The summed E-state index contributed by atoms with van der Waals surface area (Å²) in [5, 5.41) is 19.8. The lowest BCUT2D eigenvalue weighted by molar-refractivity contribution is -0.159. The van der Waals surface area contributed by atoms with Crippen LogP contribution < -0.4 is 0 Å². The number of carbonyl (C=O) groups excluding carboxylic acids is 2. The molecule has 0 aromatic heterocycles. The number of benzene rings is 1. The van der Waals surface area contributed by atoms with E-state index in [2.05, 4.69) is 9.47 Å². The Hall–Kier alpha value is -1.92. The molecule has 1 rings (SSSR count). The van der Waals surface area contributed by atoms with Gasteiger partial charge in [0.2, 0.25) is 0 Å². The molecule has 0 aliphatic carbocycles. The van der Waals surface area contributed by atoms with Crippen molar-refractivity contribution >= 4 is 11.9 Å². The normalized spacial score (nSPS) is 13.4. The second-order valence-corrected chi connectivity index (χ2v) is 4.20. The lowest BCUT2D eigenvalue weighted by Gasteiger charge is -2.19. The van der Waals surface area contributed by atoms with Crippen LogP contribution in [0.5, 0.6) is 0 Å². The summed E-state index contributed by atoms with van der Waals surface area (Å²) < 4.78 is 9.23. The number of hydrogen-bond donors (Lipinski definition) is 2. The predicted molar refractivity (Wildman–Crippen MR) is 70.1 cm³/mol. The molecule has 0 spiro atoms. The van der Waals surface area contributed by atoms with Gasteiger partial charge in [-0.05, 0) is 37.1 Å². The summed E-state index contributed by atoms with van der Waals surface area (Å²) >= 11 is 0. The second-order valence-electron chi connectivity index (χ2n) is 4.20. The van der Waals surface area contributed by atoms with Crippen molar-refractivity contribution in [3.05, 3.63) is 34.9 Å². The summed E-state index contributed by atoms with van der Waals surface area (Å²) in [5.74, 6) is -1.48. The first-order valence-electron chi connectivity index (χ1n) is 6.14. The zero-order valence-electron chi connectivity index (χ0n) is 11.6. The van der Waals surface area contributed by atoms with E-state index in [-0.39, 0.29) is 17.7 Å². The molecule has 2 atom stereocenters. The zero-order valence-corrected chi connectivity index (χ0v) is 11.6. The number of carbonyl (C=O) groups is 2. The molecular formula is C14H18O6. The summed E-state index contributed by atoms with van der Waals surface area (Å²) in [6.45, 7) is 3.39. The Kier molecular flexibility index (Phi) is 5.66. The molecule has 2 N–H and O–H groups in total. The van der Waals surface area contributed by atoms with Crippen LogP contribution in [0.2, 0.25) is 0 Å². The third-order valence-corrected chi connectivity index (χ3v) is 2.85. The Morgan fingerprint density at radius 2 is 1.95 bits per heavy atom. The summed E-state index contributed by atoms with van der Waals surface area (Å²) in [4.78, 5) is 22.9. The number of hydrogen-bond acceptors (Lipinski definition) is 6. The van der Waals surface area contributed by atoms with E-state index in [1.807, 2.05) is 0 Å². The molecule has 110 valence electrons. The lowest BCUT2D eigenvalue weighted by Crippen LogP contribution is -2.30. The van der Waals surface area contributed by atoms with Crippen LogP contribution in [0.1, 0.15) is 34.5 Å². The molecule has 1 aromatic rings. The highest BCUT2D eigenvalue weighted by Gasteiger charge is 2.28. The number of rotatable bonds is 5.